The van der Waals surface area contributed by atoms with E-state index in [0.717, 1.165) is 67.2 Å². The number of hydrogen-bond acceptors (Lipinski definition) is 7. The summed E-state index contributed by atoms with van der Waals surface area (Å²) in [6.45, 7) is 14.9. The Morgan fingerprint density at radius 2 is 1.90 bits per heavy atom. The minimum atomic E-state index is -0.316. The lowest BCUT2D eigenvalue weighted by Crippen LogP contribution is -2.71. The van der Waals surface area contributed by atoms with Crippen molar-refractivity contribution < 1.29 is 4.39 Å². The summed E-state index contributed by atoms with van der Waals surface area (Å²) in [6, 6.07) is 12.8. The van der Waals surface area contributed by atoms with Gasteiger partial charge in [-0.1, -0.05) is 31.8 Å². The lowest BCUT2D eigenvalue weighted by Gasteiger charge is -2.62. The number of rotatable bonds is 7. The summed E-state index contributed by atoms with van der Waals surface area (Å²) in [6.07, 6.45) is 1.77. The average molecular weight is 542 g/mol. The van der Waals surface area contributed by atoms with E-state index in [1.807, 2.05) is 16.5 Å². The maximum Gasteiger partial charge on any atom is 0.191 e. The van der Waals surface area contributed by atoms with Gasteiger partial charge in [0.05, 0.1) is 16.9 Å². The number of benzene rings is 1. The van der Waals surface area contributed by atoms with Crippen molar-refractivity contribution in [1.29, 1.82) is 5.26 Å². The number of hydrogen-bond donors (Lipinski definition) is 0. The first kappa shape index (κ1) is 25.4. The minimum absolute atomic E-state index is 0.316. The molecule has 0 saturated carbocycles. The van der Waals surface area contributed by atoms with Crippen LogP contribution in [0, 0.1) is 29.5 Å². The number of anilines is 3. The second-order valence-electron chi connectivity index (χ2n) is 10.8. The Morgan fingerprint density at radius 1 is 1.18 bits per heavy atom. The molecule has 1 aromatic carbocycles. The highest BCUT2D eigenvalue weighted by atomic mass is 32.1. The molecule has 0 N–H and O–H groups in total. The second-order valence-corrected chi connectivity index (χ2v) is 11.8. The Labute approximate surface area is 232 Å². The minimum Gasteiger partial charge on any atom is -0.374 e. The van der Waals surface area contributed by atoms with E-state index in [-0.39, 0.29) is 5.82 Å². The number of pyridine rings is 1. The largest absolute Gasteiger partial charge is 0.374 e. The second kappa shape index (κ2) is 9.38. The molecule has 39 heavy (non-hydrogen) atoms. The third-order valence-electron chi connectivity index (χ3n) is 8.06. The molecule has 1 spiro atoms. The summed E-state index contributed by atoms with van der Waals surface area (Å²) in [4.78, 5) is 12.2. The van der Waals surface area contributed by atoms with E-state index in [9.17, 15) is 9.65 Å². The zero-order valence-electron chi connectivity index (χ0n) is 22.8. The van der Waals surface area contributed by atoms with Crippen LogP contribution in [0.2, 0.25) is 0 Å². The summed E-state index contributed by atoms with van der Waals surface area (Å²) in [5, 5.41) is 15.5. The number of fused-ring (bicyclic) bond motifs is 1. The molecule has 3 aromatic heterocycles. The molecule has 6 rings (SSSR count). The predicted molar refractivity (Wildman–Crippen MR) is 155 cm³/mol. The van der Waals surface area contributed by atoms with Crippen LogP contribution in [-0.4, -0.2) is 52.7 Å². The molecule has 0 amide bonds. The molecule has 0 bridgehead atoms. The third kappa shape index (κ3) is 4.14. The first-order valence-corrected chi connectivity index (χ1v) is 14.2. The van der Waals surface area contributed by atoms with E-state index in [1.54, 1.807) is 12.1 Å². The number of aryl methyl sites for hydroxylation is 2. The van der Waals surface area contributed by atoms with Gasteiger partial charge in [-0.15, -0.1) is 0 Å². The first-order valence-electron chi connectivity index (χ1n) is 13.4. The van der Waals surface area contributed by atoms with Gasteiger partial charge in [-0.2, -0.15) is 10.4 Å². The predicted octanol–water partition coefficient (Wildman–Crippen LogP) is 6.15. The van der Waals surface area contributed by atoms with Crippen molar-refractivity contribution in [3.63, 3.8) is 0 Å². The number of nitrogens with zero attached hydrogens (tertiary/aromatic N) is 7. The standard InChI is InChI=1S/C30H32FN7S/c1-6-19(3)36-15-30(16-36)17-37(18-30)23-12-20(4)38-25(13-23)28(24(7-2)34-38)35(5)29-33-27(26(14-32)39-29)21-8-10-22(31)11-9-21/h8-13H,3,6-7,15-18H2,1-2,4-5H3. The molecule has 9 heteroatoms. The van der Waals surface area contributed by atoms with Crippen LogP contribution in [0.3, 0.4) is 0 Å². The van der Waals surface area contributed by atoms with Crippen molar-refractivity contribution in [2.24, 2.45) is 5.41 Å². The van der Waals surface area contributed by atoms with E-state index in [0.29, 0.717) is 21.1 Å². The topological polar surface area (TPSA) is 63.7 Å². The van der Waals surface area contributed by atoms with E-state index in [1.165, 1.54) is 34.9 Å². The fourth-order valence-electron chi connectivity index (χ4n) is 5.90. The van der Waals surface area contributed by atoms with Gasteiger partial charge in [-0.05, 0) is 56.2 Å². The van der Waals surface area contributed by atoms with E-state index >= 15 is 0 Å². The van der Waals surface area contributed by atoms with E-state index < -0.39 is 0 Å². The molecular weight excluding hydrogens is 509 g/mol. The molecule has 4 aromatic rings. The number of allylic oxidation sites excluding steroid dienone is 1. The van der Waals surface area contributed by atoms with Crippen LogP contribution in [0.15, 0.2) is 48.7 Å². The summed E-state index contributed by atoms with van der Waals surface area (Å²) < 4.78 is 15.5. The summed E-state index contributed by atoms with van der Waals surface area (Å²) >= 11 is 1.34. The SMILES string of the molecule is C=C(CC)N1CC2(C1)CN(c1cc(C)n3nc(CC)c(N(C)c4nc(-c5ccc(F)cc5)c(C#N)s4)c3c1)C2. The fraction of sp³-hybridized carbons (Fsp3) is 0.367. The first-order chi connectivity index (χ1) is 18.8. The maximum absolute atomic E-state index is 13.5. The molecule has 2 aliphatic rings. The quantitative estimate of drug-likeness (QED) is 0.280. The van der Waals surface area contributed by atoms with Gasteiger partial charge < -0.3 is 14.7 Å². The van der Waals surface area contributed by atoms with Crippen LogP contribution in [0.1, 0.15) is 36.5 Å². The lowest BCUT2D eigenvalue weighted by atomic mass is 9.72. The smallest absolute Gasteiger partial charge is 0.191 e. The highest BCUT2D eigenvalue weighted by molar-refractivity contribution is 7.16. The highest BCUT2D eigenvalue weighted by Crippen LogP contribution is 2.45. The monoisotopic (exact) mass is 541 g/mol. The summed E-state index contributed by atoms with van der Waals surface area (Å²) in [7, 11) is 1.98. The molecule has 200 valence electrons. The Balaban J connectivity index is 1.33. The molecule has 0 unspecified atom stereocenters. The molecular formula is C30H32FN7S. The molecule has 0 radical (unpaired) electrons. The third-order valence-corrected chi connectivity index (χ3v) is 9.09. The number of nitriles is 1. The highest BCUT2D eigenvalue weighted by Gasteiger charge is 2.52. The van der Waals surface area contributed by atoms with E-state index in [2.05, 4.69) is 55.4 Å². The summed E-state index contributed by atoms with van der Waals surface area (Å²) in [5.74, 6) is -0.316. The van der Waals surface area contributed by atoms with Crippen LogP contribution in [0.5, 0.6) is 0 Å². The molecule has 0 aliphatic carbocycles. The van der Waals surface area contributed by atoms with Crippen molar-refractivity contribution in [2.75, 3.05) is 43.0 Å². The summed E-state index contributed by atoms with van der Waals surface area (Å²) in [5.41, 5.74) is 8.19. The number of thiazole rings is 1. The van der Waals surface area contributed by atoms with E-state index in [4.69, 9.17) is 10.1 Å². The van der Waals surface area contributed by atoms with Crippen molar-refractivity contribution >= 4 is 33.4 Å². The zero-order chi connectivity index (χ0) is 27.5. The zero-order valence-corrected chi connectivity index (χ0v) is 23.6. The van der Waals surface area contributed by atoms with Gasteiger partial charge in [-0.25, -0.2) is 13.9 Å². The van der Waals surface area contributed by atoms with Gasteiger partial charge in [0, 0.05) is 61.3 Å². The number of likely N-dealkylation sites (tertiary alicyclic amines) is 1. The Morgan fingerprint density at radius 3 is 2.54 bits per heavy atom. The molecule has 0 atom stereocenters. The maximum atomic E-state index is 13.5. The molecule has 7 nitrogen and oxygen atoms in total. The van der Waals surface area contributed by atoms with Crippen LogP contribution >= 0.6 is 11.3 Å². The molecule has 5 heterocycles. The number of aromatic nitrogens is 3. The van der Waals surface area contributed by atoms with Gasteiger partial charge in [0.15, 0.2) is 5.13 Å². The Hall–Kier alpha value is -3.90. The van der Waals surface area contributed by atoms with Gasteiger partial charge in [0.25, 0.3) is 0 Å². The van der Waals surface area contributed by atoms with Crippen molar-refractivity contribution in [3.8, 4) is 17.3 Å². The van der Waals surface area contributed by atoms with Crippen LogP contribution < -0.4 is 9.80 Å². The Kier molecular flexibility index (Phi) is 6.11. The van der Waals surface area contributed by atoms with Crippen molar-refractivity contribution in [2.45, 2.75) is 33.6 Å². The Bertz CT molecular complexity index is 1610. The van der Waals surface area contributed by atoms with Gasteiger partial charge in [0.2, 0.25) is 0 Å². The molecule has 2 aliphatic heterocycles. The normalized spacial score (nSPS) is 15.8. The van der Waals surface area contributed by atoms with Crippen molar-refractivity contribution in [3.05, 3.63) is 70.8 Å². The lowest BCUT2D eigenvalue weighted by molar-refractivity contribution is 0.00196. The van der Waals surface area contributed by atoms with Crippen LogP contribution in [-0.2, 0) is 6.42 Å². The van der Waals surface area contributed by atoms with Gasteiger partial charge in [0.1, 0.15) is 22.5 Å². The fourth-order valence-corrected chi connectivity index (χ4v) is 6.75. The molecule has 2 saturated heterocycles. The average Bonchev–Trinajstić information content (AvgIpc) is 3.49. The molecule has 2 fully saturated rings. The van der Waals surface area contributed by atoms with Crippen LogP contribution in [0.4, 0.5) is 20.9 Å². The van der Waals surface area contributed by atoms with Gasteiger partial charge >= 0.3 is 0 Å². The van der Waals surface area contributed by atoms with Gasteiger partial charge in [-0.3, -0.25) is 0 Å². The van der Waals surface area contributed by atoms with Crippen molar-refractivity contribution in [1.82, 2.24) is 19.5 Å². The number of halogens is 1. The van der Waals surface area contributed by atoms with Crippen LogP contribution in [0.25, 0.3) is 16.8 Å².